The molecule has 2 heteroatoms. The maximum Gasteiger partial charge on any atom is 0.136 e. The van der Waals surface area contributed by atoms with Crippen molar-refractivity contribution in [3.05, 3.63) is 10.2 Å². The highest BCUT2D eigenvalue weighted by Crippen LogP contribution is 1.99. The molecule has 0 aromatic rings. The van der Waals surface area contributed by atoms with Crippen molar-refractivity contribution in [3.8, 4) is 0 Å². The van der Waals surface area contributed by atoms with Crippen LogP contribution in [0.3, 0.4) is 0 Å². The summed E-state index contributed by atoms with van der Waals surface area (Å²) < 4.78 is 1.89. The van der Waals surface area contributed by atoms with Crippen molar-refractivity contribution in [2.45, 2.75) is 32.6 Å². The number of halogens is 1. The van der Waals surface area contributed by atoms with E-state index in [0.717, 1.165) is 19.3 Å². The molecule has 0 saturated carbocycles. The Hall–Kier alpha value is 0.140. The first-order valence-corrected chi connectivity index (χ1v) is 4.82. The van der Waals surface area contributed by atoms with Crippen molar-refractivity contribution in [2.75, 3.05) is 0 Å². The molecule has 0 aliphatic carbocycles. The molecule has 58 valence electrons. The largest absolute Gasteiger partial charge is 0.299 e. The molecule has 0 unspecified atom stereocenters. The fourth-order valence-corrected chi connectivity index (χ4v) is 0.906. The van der Waals surface area contributed by atoms with Crippen LogP contribution >= 0.6 is 22.6 Å². The average Bonchev–Trinajstić information content (AvgIpc) is 1.97. The van der Waals surface area contributed by atoms with E-state index >= 15 is 0 Å². The summed E-state index contributed by atoms with van der Waals surface area (Å²) in [5.74, 6) is 0.356. The Kier molecular flexibility index (Phi) is 7.35. The predicted molar refractivity (Wildman–Crippen MR) is 52.3 cm³/mol. The summed E-state index contributed by atoms with van der Waals surface area (Å²) in [4.78, 5) is 10.9. The SMILES string of the molecule is CCCCC(=O)C/C=C/I. The molecule has 0 heterocycles. The van der Waals surface area contributed by atoms with Crippen LogP contribution in [0.25, 0.3) is 0 Å². The number of rotatable bonds is 5. The van der Waals surface area contributed by atoms with E-state index in [1.54, 1.807) is 0 Å². The van der Waals surface area contributed by atoms with Crippen LogP contribution in [0.5, 0.6) is 0 Å². The van der Waals surface area contributed by atoms with Gasteiger partial charge >= 0.3 is 0 Å². The minimum Gasteiger partial charge on any atom is -0.299 e. The third kappa shape index (κ3) is 6.26. The van der Waals surface area contributed by atoms with Crippen LogP contribution in [0, 0.1) is 0 Å². The number of Topliss-reactive ketones (excluding diaryl/α,β-unsaturated/α-hetero) is 1. The molecule has 0 fully saturated rings. The Bertz CT molecular complexity index is 118. The third-order valence-corrected chi connectivity index (χ3v) is 1.75. The quantitative estimate of drug-likeness (QED) is 0.687. The highest BCUT2D eigenvalue weighted by Gasteiger charge is 1.95. The summed E-state index contributed by atoms with van der Waals surface area (Å²) in [5, 5.41) is 0. The lowest BCUT2D eigenvalue weighted by molar-refractivity contribution is -0.118. The maximum atomic E-state index is 10.9. The Morgan fingerprint density at radius 2 is 2.30 bits per heavy atom. The number of hydrogen-bond acceptors (Lipinski definition) is 1. The molecule has 0 aliphatic heterocycles. The molecule has 1 nitrogen and oxygen atoms in total. The highest BCUT2D eigenvalue weighted by atomic mass is 127. The number of carbonyl (C=O) groups excluding carboxylic acids is 1. The first-order valence-electron chi connectivity index (χ1n) is 3.58. The Labute approximate surface area is 76.0 Å². The lowest BCUT2D eigenvalue weighted by atomic mass is 10.1. The van der Waals surface area contributed by atoms with Gasteiger partial charge in [-0.1, -0.05) is 42.0 Å². The van der Waals surface area contributed by atoms with E-state index < -0.39 is 0 Å². The van der Waals surface area contributed by atoms with Gasteiger partial charge in [0.2, 0.25) is 0 Å². The van der Waals surface area contributed by atoms with Crippen molar-refractivity contribution >= 4 is 28.4 Å². The van der Waals surface area contributed by atoms with E-state index in [-0.39, 0.29) is 0 Å². The lowest BCUT2D eigenvalue weighted by Crippen LogP contribution is -1.93. The highest BCUT2D eigenvalue weighted by molar-refractivity contribution is 14.1. The van der Waals surface area contributed by atoms with E-state index in [1.165, 1.54) is 0 Å². The number of ketones is 1. The monoisotopic (exact) mass is 252 g/mol. The summed E-state index contributed by atoms with van der Waals surface area (Å²) in [6, 6.07) is 0. The van der Waals surface area contributed by atoms with Crippen molar-refractivity contribution in [3.63, 3.8) is 0 Å². The van der Waals surface area contributed by atoms with E-state index in [1.807, 2.05) is 10.2 Å². The van der Waals surface area contributed by atoms with E-state index in [0.29, 0.717) is 12.2 Å². The van der Waals surface area contributed by atoms with Crippen molar-refractivity contribution < 1.29 is 4.79 Å². The van der Waals surface area contributed by atoms with Gasteiger partial charge in [-0.2, -0.15) is 0 Å². The predicted octanol–water partition coefficient (Wildman–Crippen LogP) is 3.08. The molecule has 0 atom stereocenters. The van der Waals surface area contributed by atoms with Gasteiger partial charge in [-0.3, -0.25) is 4.79 Å². The maximum absolute atomic E-state index is 10.9. The number of unbranched alkanes of at least 4 members (excludes halogenated alkanes) is 1. The van der Waals surface area contributed by atoms with Gasteiger partial charge in [0, 0.05) is 12.8 Å². The molecule has 10 heavy (non-hydrogen) atoms. The van der Waals surface area contributed by atoms with Crippen molar-refractivity contribution in [1.82, 2.24) is 0 Å². The molecule has 0 bridgehead atoms. The first-order chi connectivity index (χ1) is 4.81. The van der Waals surface area contributed by atoms with E-state index in [9.17, 15) is 4.79 Å². The molecule has 0 radical (unpaired) electrons. The third-order valence-electron chi connectivity index (χ3n) is 1.24. The van der Waals surface area contributed by atoms with Crippen LogP contribution in [-0.2, 0) is 4.79 Å². The van der Waals surface area contributed by atoms with E-state index in [2.05, 4.69) is 29.5 Å². The molecule has 0 aliphatic rings. The normalized spacial score (nSPS) is 10.6. The molecule has 0 saturated heterocycles. The zero-order chi connectivity index (χ0) is 7.82. The van der Waals surface area contributed by atoms with Gasteiger partial charge < -0.3 is 0 Å². The molecular formula is C8H13IO. The van der Waals surface area contributed by atoms with Crippen molar-refractivity contribution in [1.29, 1.82) is 0 Å². The fraction of sp³-hybridized carbons (Fsp3) is 0.625. The minimum atomic E-state index is 0.356. The van der Waals surface area contributed by atoms with E-state index in [4.69, 9.17) is 0 Å². The second-order valence-corrected chi connectivity index (χ2v) is 2.93. The van der Waals surface area contributed by atoms with Crippen LogP contribution in [-0.4, -0.2) is 5.78 Å². The molecule has 0 aromatic carbocycles. The van der Waals surface area contributed by atoms with Gasteiger partial charge in [-0.25, -0.2) is 0 Å². The second-order valence-electron chi connectivity index (χ2n) is 2.21. The minimum absolute atomic E-state index is 0.356. The van der Waals surface area contributed by atoms with Crippen molar-refractivity contribution in [2.24, 2.45) is 0 Å². The number of allylic oxidation sites excluding steroid dienone is 1. The van der Waals surface area contributed by atoms with Crippen LogP contribution in [0.4, 0.5) is 0 Å². The van der Waals surface area contributed by atoms with Gasteiger partial charge in [-0.05, 0) is 10.5 Å². The Morgan fingerprint density at radius 1 is 1.60 bits per heavy atom. The molecule has 0 N–H and O–H groups in total. The molecule has 0 amide bonds. The fourth-order valence-electron chi connectivity index (χ4n) is 0.652. The summed E-state index contributed by atoms with van der Waals surface area (Å²) in [7, 11) is 0. The lowest BCUT2D eigenvalue weighted by Gasteiger charge is -1.92. The van der Waals surface area contributed by atoms with Gasteiger partial charge in [0.25, 0.3) is 0 Å². The molecule has 0 aromatic heterocycles. The van der Waals surface area contributed by atoms with Crippen LogP contribution < -0.4 is 0 Å². The standard InChI is InChI=1S/C8H13IO/c1-2-3-5-8(10)6-4-7-9/h4,7H,2-3,5-6H2,1H3/b7-4+. The molecular weight excluding hydrogens is 239 g/mol. The zero-order valence-corrected chi connectivity index (χ0v) is 8.43. The first kappa shape index (κ1) is 10.1. The van der Waals surface area contributed by atoms with Gasteiger partial charge in [0.15, 0.2) is 0 Å². The molecule has 0 spiro atoms. The average molecular weight is 252 g/mol. The number of carbonyl (C=O) groups is 1. The van der Waals surface area contributed by atoms with Gasteiger partial charge in [0.05, 0.1) is 0 Å². The van der Waals surface area contributed by atoms with Crippen LogP contribution in [0.15, 0.2) is 10.2 Å². The zero-order valence-electron chi connectivity index (χ0n) is 6.27. The summed E-state index contributed by atoms with van der Waals surface area (Å²) >= 11 is 2.13. The Balaban J connectivity index is 3.25. The van der Waals surface area contributed by atoms with Crippen LogP contribution in [0.2, 0.25) is 0 Å². The van der Waals surface area contributed by atoms with Crippen LogP contribution in [0.1, 0.15) is 32.6 Å². The summed E-state index contributed by atoms with van der Waals surface area (Å²) in [5.41, 5.74) is 0. The molecule has 0 rings (SSSR count). The second kappa shape index (κ2) is 7.25. The topological polar surface area (TPSA) is 17.1 Å². The summed E-state index contributed by atoms with van der Waals surface area (Å²) in [6.07, 6.45) is 5.41. The smallest absolute Gasteiger partial charge is 0.136 e. The number of hydrogen-bond donors (Lipinski definition) is 0. The van der Waals surface area contributed by atoms with Gasteiger partial charge in [-0.15, -0.1) is 0 Å². The summed E-state index contributed by atoms with van der Waals surface area (Å²) in [6.45, 7) is 2.10. The Morgan fingerprint density at radius 3 is 2.80 bits per heavy atom. The van der Waals surface area contributed by atoms with Gasteiger partial charge in [0.1, 0.15) is 5.78 Å².